The van der Waals surface area contributed by atoms with Gasteiger partial charge in [0.2, 0.25) is 0 Å². The van der Waals surface area contributed by atoms with E-state index in [0.717, 1.165) is 49.4 Å². The molecule has 0 atom stereocenters. The van der Waals surface area contributed by atoms with Gasteiger partial charge in [0.25, 0.3) is 0 Å². The number of carbonyl (C=O) groups excluding carboxylic acids is 1. The standard InChI is InChI=1S/C22H29N3O4S.HI/c1-27-21(26)7-2-3-11-23-22(24-12-10-18-6-4-15-30-18)25-17-8-9-19-20(16-17)29-14-5-13-28-19;/h4,6,8-9,15-16H,2-3,5,7,10-14H2,1H3,(H2,23,24,25);1H. The Morgan fingerprint density at radius 1 is 1.19 bits per heavy atom. The van der Waals surface area contributed by atoms with Crippen LogP contribution in [0.5, 0.6) is 11.5 Å². The lowest BCUT2D eigenvalue weighted by atomic mass is 10.2. The van der Waals surface area contributed by atoms with Gasteiger partial charge in [-0.3, -0.25) is 9.79 Å². The molecular weight excluding hydrogens is 529 g/mol. The summed E-state index contributed by atoms with van der Waals surface area (Å²) in [7, 11) is 1.41. The molecule has 7 nitrogen and oxygen atoms in total. The second-order valence-corrected chi connectivity index (χ2v) is 7.89. The zero-order valence-corrected chi connectivity index (χ0v) is 20.9. The summed E-state index contributed by atoms with van der Waals surface area (Å²) in [4.78, 5) is 17.2. The summed E-state index contributed by atoms with van der Waals surface area (Å²) in [6.07, 6.45) is 3.79. The Morgan fingerprint density at radius 2 is 2.03 bits per heavy atom. The highest BCUT2D eigenvalue weighted by Crippen LogP contribution is 2.32. The molecule has 9 heteroatoms. The summed E-state index contributed by atoms with van der Waals surface area (Å²) in [5, 5.41) is 8.83. The number of esters is 1. The Morgan fingerprint density at radius 3 is 2.81 bits per heavy atom. The summed E-state index contributed by atoms with van der Waals surface area (Å²) >= 11 is 1.75. The molecule has 1 aliphatic rings. The van der Waals surface area contributed by atoms with E-state index in [1.807, 2.05) is 18.2 Å². The number of thiophene rings is 1. The average Bonchev–Trinajstić information content (AvgIpc) is 3.16. The predicted octanol–water partition coefficient (Wildman–Crippen LogP) is 4.47. The Balaban J connectivity index is 0.00000341. The van der Waals surface area contributed by atoms with Crippen LogP contribution in [0.15, 0.2) is 40.7 Å². The number of anilines is 1. The number of unbranched alkanes of at least 4 members (excludes halogenated alkanes) is 1. The van der Waals surface area contributed by atoms with Crippen molar-refractivity contribution in [2.24, 2.45) is 4.99 Å². The summed E-state index contributed by atoms with van der Waals surface area (Å²) in [6, 6.07) is 10.0. The van der Waals surface area contributed by atoms with Crippen molar-refractivity contribution >= 4 is 52.9 Å². The first-order chi connectivity index (χ1) is 14.7. The number of rotatable bonds is 9. The third-order valence-electron chi connectivity index (χ3n) is 4.54. The Bertz CT molecular complexity index is 830. The molecular formula is C22H30IN3O4S. The van der Waals surface area contributed by atoms with E-state index in [0.29, 0.717) is 32.1 Å². The first kappa shape index (κ1) is 25.3. The van der Waals surface area contributed by atoms with Gasteiger partial charge >= 0.3 is 5.97 Å². The fraction of sp³-hybridized carbons (Fsp3) is 0.455. The number of guanidine groups is 1. The average molecular weight is 559 g/mol. The highest BCUT2D eigenvalue weighted by atomic mass is 127. The van der Waals surface area contributed by atoms with E-state index in [1.54, 1.807) is 11.3 Å². The fourth-order valence-electron chi connectivity index (χ4n) is 2.95. The molecule has 0 aliphatic carbocycles. The van der Waals surface area contributed by atoms with Crippen molar-refractivity contribution in [1.82, 2.24) is 5.32 Å². The van der Waals surface area contributed by atoms with Crippen molar-refractivity contribution in [3.63, 3.8) is 0 Å². The fourth-order valence-corrected chi connectivity index (χ4v) is 3.66. The van der Waals surface area contributed by atoms with Crippen molar-refractivity contribution in [3.8, 4) is 11.5 Å². The molecule has 1 aromatic carbocycles. The van der Waals surface area contributed by atoms with E-state index in [9.17, 15) is 4.79 Å². The molecule has 0 bridgehead atoms. The van der Waals surface area contributed by atoms with Gasteiger partial charge in [-0.1, -0.05) is 6.07 Å². The van der Waals surface area contributed by atoms with Crippen molar-refractivity contribution < 1.29 is 19.0 Å². The Kier molecular flexibility index (Phi) is 11.5. The molecule has 31 heavy (non-hydrogen) atoms. The van der Waals surface area contributed by atoms with Crippen molar-refractivity contribution in [2.45, 2.75) is 32.1 Å². The number of ether oxygens (including phenoxy) is 3. The molecule has 0 unspecified atom stereocenters. The SMILES string of the molecule is COC(=O)CCCCN=C(NCCc1cccs1)Nc1ccc2c(c1)OCCCO2.I. The quantitative estimate of drug-likeness (QED) is 0.155. The summed E-state index contributed by atoms with van der Waals surface area (Å²) < 4.78 is 16.2. The van der Waals surface area contributed by atoms with Gasteiger partial charge in [-0.05, 0) is 42.8 Å². The van der Waals surface area contributed by atoms with E-state index in [2.05, 4.69) is 37.9 Å². The van der Waals surface area contributed by atoms with Gasteiger partial charge in [0.05, 0.1) is 20.3 Å². The molecule has 2 aromatic rings. The van der Waals surface area contributed by atoms with Crippen LogP contribution in [-0.2, 0) is 16.0 Å². The molecule has 0 amide bonds. The van der Waals surface area contributed by atoms with Crippen LogP contribution in [0.3, 0.4) is 0 Å². The number of nitrogens with zero attached hydrogens (tertiary/aromatic N) is 1. The van der Waals surface area contributed by atoms with Crippen LogP contribution in [0.2, 0.25) is 0 Å². The van der Waals surface area contributed by atoms with Crippen LogP contribution in [-0.4, -0.2) is 45.3 Å². The summed E-state index contributed by atoms with van der Waals surface area (Å²) in [6.45, 7) is 2.72. The van der Waals surface area contributed by atoms with E-state index < -0.39 is 0 Å². The van der Waals surface area contributed by atoms with Crippen molar-refractivity contribution in [3.05, 3.63) is 40.6 Å². The number of halogens is 1. The van der Waals surface area contributed by atoms with E-state index in [4.69, 9.17) is 9.47 Å². The monoisotopic (exact) mass is 559 g/mol. The molecule has 0 saturated carbocycles. The normalized spacial score (nSPS) is 13.0. The molecule has 3 rings (SSSR count). The van der Waals surface area contributed by atoms with Gasteiger partial charge in [0.1, 0.15) is 0 Å². The van der Waals surface area contributed by atoms with E-state index >= 15 is 0 Å². The number of nitrogens with one attached hydrogen (secondary N) is 2. The second-order valence-electron chi connectivity index (χ2n) is 6.86. The molecule has 0 fully saturated rings. The lowest BCUT2D eigenvalue weighted by molar-refractivity contribution is -0.140. The van der Waals surface area contributed by atoms with Gasteiger partial charge in [-0.25, -0.2) is 0 Å². The zero-order chi connectivity index (χ0) is 21.0. The first-order valence-electron chi connectivity index (χ1n) is 10.3. The van der Waals surface area contributed by atoms with Gasteiger partial charge in [-0.2, -0.15) is 0 Å². The molecule has 1 aliphatic heterocycles. The second kappa shape index (κ2) is 14.1. The maximum atomic E-state index is 11.2. The van der Waals surface area contributed by atoms with Crippen LogP contribution in [0.4, 0.5) is 5.69 Å². The van der Waals surface area contributed by atoms with Gasteiger partial charge in [0.15, 0.2) is 17.5 Å². The molecule has 0 saturated heterocycles. The highest BCUT2D eigenvalue weighted by Gasteiger charge is 2.11. The van der Waals surface area contributed by atoms with Crippen LogP contribution in [0.25, 0.3) is 0 Å². The minimum atomic E-state index is -0.182. The van der Waals surface area contributed by atoms with E-state index in [1.165, 1.54) is 12.0 Å². The predicted molar refractivity (Wildman–Crippen MR) is 135 cm³/mol. The lowest BCUT2D eigenvalue weighted by Crippen LogP contribution is -2.32. The minimum Gasteiger partial charge on any atom is -0.490 e. The molecule has 2 N–H and O–H groups in total. The molecule has 170 valence electrons. The van der Waals surface area contributed by atoms with Crippen LogP contribution in [0.1, 0.15) is 30.6 Å². The van der Waals surface area contributed by atoms with Crippen molar-refractivity contribution in [2.75, 3.05) is 38.7 Å². The number of fused-ring (bicyclic) bond motifs is 1. The minimum absolute atomic E-state index is 0. The van der Waals surface area contributed by atoms with Gasteiger partial charge < -0.3 is 24.8 Å². The molecule has 0 radical (unpaired) electrons. The number of aliphatic imine (C=N–C) groups is 1. The van der Waals surface area contributed by atoms with Crippen LogP contribution >= 0.6 is 35.3 Å². The topological polar surface area (TPSA) is 81.2 Å². The first-order valence-corrected chi connectivity index (χ1v) is 11.2. The summed E-state index contributed by atoms with van der Waals surface area (Å²) in [5.41, 5.74) is 0.885. The summed E-state index contributed by atoms with van der Waals surface area (Å²) in [5.74, 6) is 2.04. The largest absolute Gasteiger partial charge is 0.490 e. The number of carbonyl (C=O) groups is 1. The third-order valence-corrected chi connectivity index (χ3v) is 5.48. The van der Waals surface area contributed by atoms with Crippen molar-refractivity contribution in [1.29, 1.82) is 0 Å². The maximum absolute atomic E-state index is 11.2. The number of methoxy groups -OCH3 is 1. The van der Waals surface area contributed by atoms with Gasteiger partial charge in [0, 0.05) is 42.6 Å². The lowest BCUT2D eigenvalue weighted by Gasteiger charge is -2.14. The third kappa shape index (κ3) is 8.94. The number of hydrogen-bond acceptors (Lipinski definition) is 6. The van der Waals surface area contributed by atoms with Crippen LogP contribution < -0.4 is 20.1 Å². The zero-order valence-electron chi connectivity index (χ0n) is 17.7. The van der Waals surface area contributed by atoms with E-state index in [-0.39, 0.29) is 29.9 Å². The van der Waals surface area contributed by atoms with Crippen LogP contribution in [0, 0.1) is 0 Å². The number of hydrogen-bond donors (Lipinski definition) is 2. The molecule has 1 aromatic heterocycles. The maximum Gasteiger partial charge on any atom is 0.305 e. The molecule has 2 heterocycles. The number of benzene rings is 1. The Labute approximate surface area is 204 Å². The smallest absolute Gasteiger partial charge is 0.305 e. The van der Waals surface area contributed by atoms with Gasteiger partial charge in [-0.15, -0.1) is 35.3 Å². The molecule has 0 spiro atoms. The Hall–Kier alpha value is -2.01. The highest BCUT2D eigenvalue weighted by molar-refractivity contribution is 14.0.